The molecule has 2 rings (SSSR count). The third kappa shape index (κ3) is 6.32. The minimum absolute atomic E-state index is 0.0544. The molecule has 0 aliphatic rings. The predicted octanol–water partition coefficient (Wildman–Crippen LogP) is 5.64. The number of hydrogen-bond acceptors (Lipinski definition) is 5. The number of benzene rings is 2. The van der Waals surface area contributed by atoms with E-state index >= 15 is 0 Å². The van der Waals surface area contributed by atoms with E-state index in [1.807, 2.05) is 12.1 Å². The van der Waals surface area contributed by atoms with Crippen LogP contribution < -0.4 is 24.3 Å². The number of ether oxygens (including phenoxy) is 4. The van der Waals surface area contributed by atoms with Crippen molar-refractivity contribution in [1.82, 2.24) is 5.32 Å². The monoisotopic (exact) mass is 443 g/mol. The topological polar surface area (TPSA) is 49.0 Å². The van der Waals surface area contributed by atoms with Crippen molar-refractivity contribution in [2.75, 3.05) is 35.0 Å². The number of rotatable bonds is 13. The Kier molecular flexibility index (Phi) is 9.70. The van der Waals surface area contributed by atoms with Crippen LogP contribution >= 0.6 is 0 Å². The molecule has 0 spiro atoms. The van der Waals surface area contributed by atoms with Gasteiger partial charge in [-0.25, -0.2) is 0 Å². The first kappa shape index (κ1) is 25.9. The normalized spacial score (nSPS) is 14.0. The molecule has 32 heavy (non-hydrogen) atoms. The molecule has 1 N–H and O–H groups in total. The lowest BCUT2D eigenvalue weighted by molar-refractivity contribution is 0.288. The van der Waals surface area contributed by atoms with E-state index in [9.17, 15) is 0 Å². The van der Waals surface area contributed by atoms with Gasteiger partial charge in [0, 0.05) is 6.04 Å². The summed E-state index contributed by atoms with van der Waals surface area (Å²) < 4.78 is 21.7. The first-order valence-corrected chi connectivity index (χ1v) is 11.5. The SMILES string of the molecule is COc1ccc(CCNC(C)CCC(C)(c2ccc(OC)c(OC)c2)C(C)C)cc1OC. The Balaban J connectivity index is 1.96. The van der Waals surface area contributed by atoms with Crippen LogP contribution in [0.5, 0.6) is 23.0 Å². The maximum absolute atomic E-state index is 5.55. The molecular formula is C27H41NO4. The van der Waals surface area contributed by atoms with Gasteiger partial charge in [-0.2, -0.15) is 0 Å². The Hall–Kier alpha value is -2.40. The highest BCUT2D eigenvalue weighted by Gasteiger charge is 2.31. The highest BCUT2D eigenvalue weighted by atomic mass is 16.5. The largest absolute Gasteiger partial charge is 0.493 e. The molecule has 5 heteroatoms. The second-order valence-corrected chi connectivity index (χ2v) is 8.98. The molecule has 0 saturated heterocycles. The van der Waals surface area contributed by atoms with Crippen molar-refractivity contribution in [3.8, 4) is 23.0 Å². The molecule has 0 fully saturated rings. The van der Waals surface area contributed by atoms with Gasteiger partial charge in [0.2, 0.25) is 0 Å². The van der Waals surface area contributed by atoms with E-state index in [0.29, 0.717) is 12.0 Å². The van der Waals surface area contributed by atoms with Crippen LogP contribution in [0.3, 0.4) is 0 Å². The molecule has 0 heterocycles. The van der Waals surface area contributed by atoms with Crippen molar-refractivity contribution in [3.05, 3.63) is 47.5 Å². The van der Waals surface area contributed by atoms with Crippen molar-refractivity contribution in [2.45, 2.75) is 58.4 Å². The molecule has 0 amide bonds. The molecule has 0 bridgehead atoms. The molecule has 2 aromatic carbocycles. The average Bonchev–Trinajstić information content (AvgIpc) is 2.81. The van der Waals surface area contributed by atoms with Crippen molar-refractivity contribution in [3.63, 3.8) is 0 Å². The zero-order chi connectivity index (χ0) is 23.7. The van der Waals surface area contributed by atoms with Crippen LogP contribution in [0.4, 0.5) is 0 Å². The number of hydrogen-bond donors (Lipinski definition) is 1. The van der Waals surface area contributed by atoms with Gasteiger partial charge in [0.1, 0.15) is 0 Å². The van der Waals surface area contributed by atoms with E-state index in [0.717, 1.165) is 48.8 Å². The van der Waals surface area contributed by atoms with Crippen LogP contribution in [-0.2, 0) is 11.8 Å². The summed E-state index contributed by atoms with van der Waals surface area (Å²) in [5.41, 5.74) is 2.58. The lowest BCUT2D eigenvalue weighted by Gasteiger charge is -2.36. The van der Waals surface area contributed by atoms with Gasteiger partial charge in [0.05, 0.1) is 28.4 Å². The molecule has 2 atom stereocenters. The number of methoxy groups -OCH3 is 4. The molecular weight excluding hydrogens is 402 g/mol. The maximum Gasteiger partial charge on any atom is 0.161 e. The minimum atomic E-state index is 0.0544. The Bertz CT molecular complexity index is 852. The fourth-order valence-corrected chi connectivity index (χ4v) is 4.08. The fourth-order valence-electron chi connectivity index (χ4n) is 4.08. The first-order chi connectivity index (χ1) is 15.3. The summed E-state index contributed by atoms with van der Waals surface area (Å²) in [4.78, 5) is 0. The molecule has 178 valence electrons. The van der Waals surface area contributed by atoms with E-state index in [4.69, 9.17) is 18.9 Å². The highest BCUT2D eigenvalue weighted by molar-refractivity contribution is 5.45. The Labute approximate surface area is 194 Å². The second kappa shape index (κ2) is 12.0. The van der Waals surface area contributed by atoms with Crippen LogP contribution in [0.15, 0.2) is 36.4 Å². The van der Waals surface area contributed by atoms with Crippen LogP contribution in [0.2, 0.25) is 0 Å². The van der Waals surface area contributed by atoms with Crippen LogP contribution in [0.1, 0.15) is 51.7 Å². The zero-order valence-corrected chi connectivity index (χ0v) is 21.1. The molecule has 0 saturated carbocycles. The van der Waals surface area contributed by atoms with Crippen molar-refractivity contribution in [1.29, 1.82) is 0 Å². The maximum atomic E-state index is 5.55. The third-order valence-corrected chi connectivity index (χ3v) is 6.77. The summed E-state index contributed by atoms with van der Waals surface area (Å²) in [6.07, 6.45) is 3.13. The van der Waals surface area contributed by atoms with Gasteiger partial charge in [0.15, 0.2) is 23.0 Å². The van der Waals surface area contributed by atoms with E-state index in [1.165, 1.54) is 11.1 Å². The summed E-state index contributed by atoms with van der Waals surface area (Å²) in [5.74, 6) is 3.60. The van der Waals surface area contributed by atoms with Crippen LogP contribution in [-0.4, -0.2) is 41.0 Å². The second-order valence-electron chi connectivity index (χ2n) is 8.98. The van der Waals surface area contributed by atoms with Gasteiger partial charge in [-0.15, -0.1) is 0 Å². The predicted molar refractivity (Wildman–Crippen MR) is 132 cm³/mol. The Morgan fingerprint density at radius 3 is 1.91 bits per heavy atom. The Morgan fingerprint density at radius 2 is 1.34 bits per heavy atom. The average molecular weight is 444 g/mol. The highest BCUT2D eigenvalue weighted by Crippen LogP contribution is 2.40. The van der Waals surface area contributed by atoms with Crippen LogP contribution in [0, 0.1) is 5.92 Å². The van der Waals surface area contributed by atoms with Crippen molar-refractivity contribution < 1.29 is 18.9 Å². The summed E-state index contributed by atoms with van der Waals surface area (Å²) in [7, 11) is 6.70. The lowest BCUT2D eigenvalue weighted by atomic mass is 9.70. The molecule has 0 radical (unpaired) electrons. The minimum Gasteiger partial charge on any atom is -0.493 e. The molecule has 2 aromatic rings. The van der Waals surface area contributed by atoms with E-state index in [1.54, 1.807) is 28.4 Å². The third-order valence-electron chi connectivity index (χ3n) is 6.77. The zero-order valence-electron chi connectivity index (χ0n) is 21.1. The standard InChI is InChI=1S/C27H41NO4/c1-19(2)27(4,22-10-12-24(30-6)26(18-22)32-8)15-13-20(3)28-16-14-21-9-11-23(29-5)25(17-21)31-7/h9-12,17-20,28H,13-16H2,1-8H3. The van der Waals surface area contributed by atoms with E-state index in [-0.39, 0.29) is 5.41 Å². The fraction of sp³-hybridized carbons (Fsp3) is 0.556. The molecule has 2 unspecified atom stereocenters. The summed E-state index contributed by atoms with van der Waals surface area (Å²) in [5, 5.41) is 3.68. The van der Waals surface area contributed by atoms with Gasteiger partial charge in [-0.3, -0.25) is 0 Å². The van der Waals surface area contributed by atoms with Crippen molar-refractivity contribution in [2.24, 2.45) is 5.92 Å². The summed E-state index contributed by atoms with van der Waals surface area (Å²) in [6, 6.07) is 12.9. The lowest BCUT2D eigenvalue weighted by Crippen LogP contribution is -2.34. The molecule has 5 nitrogen and oxygen atoms in total. The van der Waals surface area contributed by atoms with Gasteiger partial charge in [-0.1, -0.05) is 32.9 Å². The van der Waals surface area contributed by atoms with Gasteiger partial charge in [-0.05, 0) is 79.5 Å². The quantitative estimate of drug-likeness (QED) is 0.434. The first-order valence-electron chi connectivity index (χ1n) is 11.5. The molecule has 0 aliphatic carbocycles. The number of nitrogens with one attached hydrogen (secondary N) is 1. The molecule has 0 aromatic heterocycles. The summed E-state index contributed by atoms with van der Waals surface area (Å²) >= 11 is 0. The summed E-state index contributed by atoms with van der Waals surface area (Å²) in [6.45, 7) is 10.1. The Morgan fingerprint density at radius 1 is 0.781 bits per heavy atom. The van der Waals surface area contributed by atoms with Gasteiger partial charge < -0.3 is 24.3 Å². The van der Waals surface area contributed by atoms with E-state index < -0.39 is 0 Å². The molecule has 0 aliphatic heterocycles. The smallest absolute Gasteiger partial charge is 0.161 e. The van der Waals surface area contributed by atoms with Crippen molar-refractivity contribution >= 4 is 0 Å². The van der Waals surface area contributed by atoms with Gasteiger partial charge >= 0.3 is 0 Å². The van der Waals surface area contributed by atoms with E-state index in [2.05, 4.69) is 57.3 Å². The van der Waals surface area contributed by atoms with Gasteiger partial charge in [0.25, 0.3) is 0 Å². The van der Waals surface area contributed by atoms with Crippen LogP contribution in [0.25, 0.3) is 0 Å².